The molecule has 2 heterocycles. The van der Waals surface area contributed by atoms with E-state index in [9.17, 15) is 4.79 Å². The second kappa shape index (κ2) is 6.72. The Bertz CT molecular complexity index is 884. The van der Waals surface area contributed by atoms with Crippen LogP contribution in [-0.4, -0.2) is 40.7 Å². The molecule has 0 saturated heterocycles. The summed E-state index contributed by atoms with van der Waals surface area (Å²) in [6.07, 6.45) is 0. The minimum Gasteiger partial charge on any atom is -0.480 e. The van der Waals surface area contributed by atoms with E-state index in [0.29, 0.717) is 11.8 Å². The van der Waals surface area contributed by atoms with Gasteiger partial charge >= 0.3 is 0 Å². The molecule has 1 aliphatic heterocycles. The van der Waals surface area contributed by atoms with Gasteiger partial charge in [-0.2, -0.15) is 0 Å². The molecule has 0 radical (unpaired) electrons. The third-order valence-electron chi connectivity index (χ3n) is 5.35. The quantitative estimate of drug-likeness (QED) is 0.896. The first-order valence-electron chi connectivity index (χ1n) is 9.00. The molecule has 0 fully saturated rings. The zero-order valence-corrected chi connectivity index (χ0v) is 16.7. The van der Waals surface area contributed by atoms with Crippen molar-refractivity contribution < 1.29 is 9.53 Å². The maximum atomic E-state index is 13.2. The van der Waals surface area contributed by atoms with Crippen LogP contribution in [-0.2, 0) is 17.4 Å². The molecule has 1 amide bonds. The molecule has 1 aromatic heterocycles. The minimum atomic E-state index is -0.897. The van der Waals surface area contributed by atoms with Crippen molar-refractivity contribution in [1.29, 1.82) is 0 Å². The molecule has 0 bridgehead atoms. The van der Waals surface area contributed by atoms with E-state index in [1.165, 1.54) is 10.5 Å². The third-order valence-corrected chi connectivity index (χ3v) is 5.35. The van der Waals surface area contributed by atoms with Crippen molar-refractivity contribution in [3.05, 3.63) is 47.2 Å². The number of aryl methyl sites for hydroxylation is 1. The number of amides is 1. The monoisotopic (exact) mass is 369 g/mol. The van der Waals surface area contributed by atoms with E-state index in [-0.39, 0.29) is 11.9 Å². The Hall–Kier alpha value is -2.83. The van der Waals surface area contributed by atoms with Crippen molar-refractivity contribution in [3.63, 3.8) is 0 Å². The lowest BCUT2D eigenvalue weighted by Crippen LogP contribution is -2.53. The molecule has 1 unspecified atom stereocenters. The molecule has 3 rings (SSSR count). The van der Waals surface area contributed by atoms with Gasteiger partial charge in [0.2, 0.25) is 11.8 Å². The van der Waals surface area contributed by atoms with Crippen LogP contribution in [0.2, 0.25) is 0 Å². The van der Waals surface area contributed by atoms with Gasteiger partial charge in [0.1, 0.15) is 5.54 Å². The highest BCUT2D eigenvalue weighted by Crippen LogP contribution is 2.44. The van der Waals surface area contributed by atoms with Crippen molar-refractivity contribution in [2.24, 2.45) is 17.8 Å². The van der Waals surface area contributed by atoms with Gasteiger partial charge < -0.3 is 10.5 Å². The Labute approximate surface area is 159 Å². The molecule has 1 aliphatic rings. The fourth-order valence-electron chi connectivity index (χ4n) is 3.68. The first-order valence-corrected chi connectivity index (χ1v) is 9.00. The van der Waals surface area contributed by atoms with Gasteiger partial charge in [-0.1, -0.05) is 38.1 Å². The second-order valence-corrected chi connectivity index (χ2v) is 7.46. The predicted molar refractivity (Wildman–Crippen MR) is 105 cm³/mol. The van der Waals surface area contributed by atoms with Crippen LogP contribution in [0.5, 0.6) is 5.88 Å². The highest BCUT2D eigenvalue weighted by atomic mass is 16.5. The smallest absolute Gasteiger partial charge is 0.239 e. The number of aliphatic imine (C=N–C) groups is 1. The van der Waals surface area contributed by atoms with Gasteiger partial charge in [0.05, 0.1) is 18.7 Å². The summed E-state index contributed by atoms with van der Waals surface area (Å²) in [5, 5.41) is 4.34. The number of guanidine groups is 1. The zero-order valence-electron chi connectivity index (χ0n) is 16.7. The average molecular weight is 369 g/mol. The normalized spacial score (nSPS) is 22.9. The molecule has 144 valence electrons. The number of aromatic nitrogens is 2. The summed E-state index contributed by atoms with van der Waals surface area (Å²) in [5.41, 5.74) is 8.06. The largest absolute Gasteiger partial charge is 0.480 e. The first-order chi connectivity index (χ1) is 12.7. The number of rotatable bonds is 4. The summed E-state index contributed by atoms with van der Waals surface area (Å²) in [6.45, 7) is 6.21. The van der Waals surface area contributed by atoms with Gasteiger partial charge in [-0.3, -0.25) is 14.4 Å². The van der Waals surface area contributed by atoms with Gasteiger partial charge in [0, 0.05) is 20.2 Å². The van der Waals surface area contributed by atoms with Gasteiger partial charge in [0.25, 0.3) is 0 Å². The van der Waals surface area contributed by atoms with Crippen molar-refractivity contribution in [2.45, 2.75) is 38.1 Å². The average Bonchev–Trinajstić information content (AvgIpc) is 3.02. The molecule has 7 nitrogen and oxygen atoms in total. The molecular weight excluding hydrogens is 342 g/mol. The number of benzene rings is 1. The van der Waals surface area contributed by atoms with Gasteiger partial charge in [-0.15, -0.1) is 5.10 Å². The van der Waals surface area contributed by atoms with Crippen LogP contribution in [0, 0.1) is 0 Å². The SMILES string of the molecule is COc1cc([C@@]2(C)N=C(N)N(C)C(=O)C2c2ccc(C(C)C)cc2)n(C)n1. The molecule has 1 aromatic carbocycles. The Kier molecular flexibility index (Phi) is 4.71. The number of carbonyl (C=O) groups excluding carboxylic acids is 1. The number of ether oxygens (including phenoxy) is 1. The molecule has 7 heteroatoms. The number of hydrogen-bond donors (Lipinski definition) is 1. The fraction of sp³-hybridized carbons (Fsp3) is 0.450. The van der Waals surface area contributed by atoms with E-state index in [4.69, 9.17) is 15.5 Å². The van der Waals surface area contributed by atoms with Crippen molar-refractivity contribution in [2.75, 3.05) is 14.2 Å². The molecule has 27 heavy (non-hydrogen) atoms. The van der Waals surface area contributed by atoms with Gasteiger partial charge in [-0.05, 0) is 24.0 Å². The second-order valence-electron chi connectivity index (χ2n) is 7.46. The molecular formula is C20H27N5O2. The van der Waals surface area contributed by atoms with Gasteiger partial charge in [0.15, 0.2) is 5.96 Å². The standard InChI is InChI=1S/C20H27N5O2/c1-12(2)13-7-9-14(10-8-13)17-18(26)24(4)19(21)22-20(17,3)15-11-16(27-6)23-25(15)5/h7-12,17H,1-6H3,(H2,21,22)/t17?,20-/m1/s1. The van der Waals surface area contributed by atoms with Crippen molar-refractivity contribution in [3.8, 4) is 5.88 Å². The summed E-state index contributed by atoms with van der Waals surface area (Å²) in [4.78, 5) is 19.4. The van der Waals surface area contributed by atoms with E-state index in [0.717, 1.165) is 11.3 Å². The highest BCUT2D eigenvalue weighted by molar-refractivity contribution is 6.02. The number of nitrogens with two attached hydrogens (primary N) is 1. The van der Waals surface area contributed by atoms with Crippen LogP contribution >= 0.6 is 0 Å². The topological polar surface area (TPSA) is 85.7 Å². The Morgan fingerprint density at radius 3 is 2.37 bits per heavy atom. The summed E-state index contributed by atoms with van der Waals surface area (Å²) in [5.74, 6) is 0.476. The van der Waals surface area contributed by atoms with E-state index in [1.54, 1.807) is 18.8 Å². The van der Waals surface area contributed by atoms with Crippen LogP contribution < -0.4 is 10.5 Å². The maximum absolute atomic E-state index is 13.2. The van der Waals surface area contributed by atoms with E-state index >= 15 is 0 Å². The molecule has 0 spiro atoms. The Morgan fingerprint density at radius 2 is 1.85 bits per heavy atom. The molecule has 2 aromatic rings. The summed E-state index contributed by atoms with van der Waals surface area (Å²) in [7, 11) is 5.03. The van der Waals surface area contributed by atoms with Crippen LogP contribution in [0.3, 0.4) is 0 Å². The summed E-state index contributed by atoms with van der Waals surface area (Å²) < 4.78 is 6.96. The number of carbonyl (C=O) groups is 1. The summed E-state index contributed by atoms with van der Waals surface area (Å²) in [6, 6.07) is 9.96. The number of nitrogens with zero attached hydrogens (tertiary/aromatic N) is 4. The lowest BCUT2D eigenvalue weighted by molar-refractivity contribution is -0.130. The first kappa shape index (κ1) is 18.9. The van der Waals surface area contributed by atoms with E-state index in [1.807, 2.05) is 32.2 Å². The van der Waals surface area contributed by atoms with Crippen LogP contribution in [0.25, 0.3) is 0 Å². The van der Waals surface area contributed by atoms with Crippen LogP contribution in [0.1, 0.15) is 49.4 Å². The van der Waals surface area contributed by atoms with E-state index in [2.05, 4.69) is 31.1 Å². The Morgan fingerprint density at radius 1 is 1.22 bits per heavy atom. The van der Waals surface area contributed by atoms with E-state index < -0.39 is 11.5 Å². The lowest BCUT2D eigenvalue weighted by Gasteiger charge is -2.40. The minimum absolute atomic E-state index is 0.0949. The predicted octanol–water partition coefficient (Wildman–Crippen LogP) is 2.34. The number of hydrogen-bond acceptors (Lipinski definition) is 5. The lowest BCUT2D eigenvalue weighted by atomic mass is 9.76. The summed E-state index contributed by atoms with van der Waals surface area (Å²) >= 11 is 0. The fourth-order valence-corrected chi connectivity index (χ4v) is 3.68. The molecule has 0 aliphatic carbocycles. The van der Waals surface area contributed by atoms with Crippen molar-refractivity contribution in [1.82, 2.24) is 14.7 Å². The van der Waals surface area contributed by atoms with Crippen LogP contribution in [0.4, 0.5) is 0 Å². The van der Waals surface area contributed by atoms with Gasteiger partial charge in [-0.25, -0.2) is 4.99 Å². The molecule has 2 atom stereocenters. The number of likely N-dealkylation sites (N-methyl/N-ethyl adjacent to an activating group) is 1. The molecule has 2 N–H and O–H groups in total. The highest BCUT2D eigenvalue weighted by Gasteiger charge is 2.49. The third kappa shape index (κ3) is 3.07. The number of methoxy groups -OCH3 is 1. The van der Waals surface area contributed by atoms with Crippen molar-refractivity contribution >= 4 is 11.9 Å². The Balaban J connectivity index is 2.18. The zero-order chi connectivity index (χ0) is 19.9. The molecule has 0 saturated carbocycles. The maximum Gasteiger partial charge on any atom is 0.239 e. The van der Waals surface area contributed by atoms with Crippen LogP contribution in [0.15, 0.2) is 35.3 Å².